The Labute approximate surface area is 114 Å². The maximum atomic E-state index is 13.5. The zero-order valence-corrected chi connectivity index (χ0v) is 10.7. The van der Waals surface area contributed by atoms with Crippen LogP contribution in [0.1, 0.15) is 13.8 Å². The Bertz CT molecular complexity index is 479. The Balaban J connectivity index is 3.24. The molecule has 120 valence electrons. The molecule has 0 bridgehead atoms. The molecular weight excluding hydrogens is 310 g/mol. The number of carbonyl (C=O) groups excluding carboxylic acids is 1. The van der Waals surface area contributed by atoms with Crippen LogP contribution in [0.3, 0.4) is 0 Å². The van der Waals surface area contributed by atoms with E-state index in [1.807, 2.05) is 0 Å². The van der Waals surface area contributed by atoms with Crippen molar-refractivity contribution in [2.45, 2.75) is 37.2 Å². The SMILES string of the molecule is CC(C)C1(OC(=O)/C=C\C(=O)O)C(F)(F)C(F)(F)C1(F)F. The van der Waals surface area contributed by atoms with Gasteiger partial charge in [0.05, 0.1) is 0 Å². The van der Waals surface area contributed by atoms with Crippen LogP contribution in [0.4, 0.5) is 26.3 Å². The summed E-state index contributed by atoms with van der Waals surface area (Å²) >= 11 is 0. The molecule has 0 unspecified atom stereocenters. The van der Waals surface area contributed by atoms with Gasteiger partial charge in [0, 0.05) is 18.1 Å². The van der Waals surface area contributed by atoms with Crippen LogP contribution in [0.5, 0.6) is 0 Å². The zero-order valence-electron chi connectivity index (χ0n) is 10.7. The van der Waals surface area contributed by atoms with Crippen LogP contribution in [0.2, 0.25) is 0 Å². The molecule has 0 aromatic carbocycles. The fourth-order valence-corrected chi connectivity index (χ4v) is 2.10. The molecule has 0 aromatic rings. The van der Waals surface area contributed by atoms with E-state index in [0.717, 1.165) is 13.8 Å². The third kappa shape index (κ3) is 1.91. The first kappa shape index (κ1) is 17.3. The molecule has 0 saturated heterocycles. The highest BCUT2D eigenvalue weighted by atomic mass is 19.4. The molecule has 0 aromatic heterocycles. The summed E-state index contributed by atoms with van der Waals surface area (Å²) in [5.41, 5.74) is -4.05. The van der Waals surface area contributed by atoms with Crippen molar-refractivity contribution in [1.29, 1.82) is 0 Å². The van der Waals surface area contributed by atoms with Crippen molar-refractivity contribution in [3.8, 4) is 0 Å². The van der Waals surface area contributed by atoms with Gasteiger partial charge in [-0.3, -0.25) is 0 Å². The summed E-state index contributed by atoms with van der Waals surface area (Å²) in [5.74, 6) is -21.7. The Morgan fingerprint density at radius 1 is 0.952 bits per heavy atom. The molecule has 0 amide bonds. The van der Waals surface area contributed by atoms with E-state index in [0.29, 0.717) is 0 Å². The third-order valence-corrected chi connectivity index (χ3v) is 3.16. The van der Waals surface area contributed by atoms with Crippen LogP contribution in [0.25, 0.3) is 0 Å². The van der Waals surface area contributed by atoms with Crippen LogP contribution in [-0.4, -0.2) is 40.4 Å². The van der Waals surface area contributed by atoms with Gasteiger partial charge in [-0.05, 0) is 0 Å². The van der Waals surface area contributed by atoms with Gasteiger partial charge >= 0.3 is 29.7 Å². The van der Waals surface area contributed by atoms with E-state index in [4.69, 9.17) is 5.11 Å². The number of halogens is 6. The van der Waals surface area contributed by atoms with Gasteiger partial charge in [-0.2, -0.15) is 26.3 Å². The Morgan fingerprint density at radius 2 is 1.38 bits per heavy atom. The minimum Gasteiger partial charge on any atom is -0.478 e. The summed E-state index contributed by atoms with van der Waals surface area (Å²) in [6, 6.07) is 0. The molecule has 4 nitrogen and oxygen atoms in total. The van der Waals surface area contributed by atoms with Crippen LogP contribution >= 0.6 is 0 Å². The van der Waals surface area contributed by atoms with E-state index in [9.17, 15) is 35.9 Å². The number of aliphatic carboxylic acids is 1. The van der Waals surface area contributed by atoms with E-state index < -0.39 is 41.2 Å². The molecule has 1 N–H and O–H groups in total. The zero-order chi connectivity index (χ0) is 16.9. The summed E-state index contributed by atoms with van der Waals surface area (Å²) in [5, 5.41) is 8.22. The summed E-state index contributed by atoms with van der Waals surface area (Å²) in [6.07, 6.45) is 0.221. The lowest BCUT2D eigenvalue weighted by molar-refractivity contribution is -0.497. The van der Waals surface area contributed by atoms with Crippen LogP contribution < -0.4 is 0 Å². The predicted octanol–water partition coefficient (Wildman–Crippen LogP) is 2.48. The molecule has 0 heterocycles. The number of carboxylic acids is 1. The van der Waals surface area contributed by atoms with Gasteiger partial charge in [-0.15, -0.1) is 0 Å². The highest BCUT2D eigenvalue weighted by Gasteiger charge is 3.01. The lowest BCUT2D eigenvalue weighted by Crippen LogP contribution is -2.88. The van der Waals surface area contributed by atoms with Crippen LogP contribution in [-0.2, 0) is 14.3 Å². The quantitative estimate of drug-likeness (QED) is 0.491. The monoisotopic (exact) mass is 320 g/mol. The van der Waals surface area contributed by atoms with Gasteiger partial charge in [-0.1, -0.05) is 13.8 Å². The fraction of sp³-hybridized carbons (Fsp3) is 0.636. The number of esters is 1. The maximum Gasteiger partial charge on any atom is 0.380 e. The van der Waals surface area contributed by atoms with Crippen molar-refractivity contribution in [2.24, 2.45) is 5.92 Å². The molecular formula is C11H10F6O4. The third-order valence-electron chi connectivity index (χ3n) is 3.16. The molecule has 1 rings (SSSR count). The van der Waals surface area contributed by atoms with E-state index in [1.54, 1.807) is 0 Å². The van der Waals surface area contributed by atoms with Crippen molar-refractivity contribution in [3.05, 3.63) is 12.2 Å². The largest absolute Gasteiger partial charge is 0.478 e. The molecule has 0 radical (unpaired) electrons. The lowest BCUT2D eigenvalue weighted by Gasteiger charge is -2.59. The highest BCUT2D eigenvalue weighted by molar-refractivity contribution is 5.91. The van der Waals surface area contributed by atoms with Gasteiger partial charge < -0.3 is 9.84 Å². The summed E-state index contributed by atoms with van der Waals surface area (Å²) in [4.78, 5) is 21.3. The van der Waals surface area contributed by atoms with E-state index in [1.165, 1.54) is 0 Å². The molecule has 1 fully saturated rings. The number of rotatable bonds is 4. The van der Waals surface area contributed by atoms with Crippen LogP contribution in [0, 0.1) is 5.92 Å². The molecule has 21 heavy (non-hydrogen) atoms. The first-order valence-electron chi connectivity index (χ1n) is 5.53. The predicted molar refractivity (Wildman–Crippen MR) is 55.3 cm³/mol. The second kappa shape index (κ2) is 4.63. The minimum absolute atomic E-state index is 0.0785. The first-order chi connectivity index (χ1) is 9.25. The lowest BCUT2D eigenvalue weighted by atomic mass is 9.62. The molecule has 1 aliphatic rings. The van der Waals surface area contributed by atoms with Crippen molar-refractivity contribution in [3.63, 3.8) is 0 Å². The topological polar surface area (TPSA) is 63.6 Å². The number of carboxylic acid groups (broad SMARTS) is 1. The minimum atomic E-state index is -5.68. The van der Waals surface area contributed by atoms with E-state index in [-0.39, 0.29) is 12.2 Å². The fourth-order valence-electron chi connectivity index (χ4n) is 2.10. The van der Waals surface area contributed by atoms with Gasteiger partial charge in [0.25, 0.3) is 5.60 Å². The van der Waals surface area contributed by atoms with E-state index in [2.05, 4.69) is 4.74 Å². The summed E-state index contributed by atoms with van der Waals surface area (Å²) in [6.45, 7) is 1.51. The number of ether oxygens (including phenoxy) is 1. The van der Waals surface area contributed by atoms with Gasteiger partial charge in [0.2, 0.25) is 0 Å². The van der Waals surface area contributed by atoms with Crippen molar-refractivity contribution < 1.29 is 45.8 Å². The Kier molecular flexibility index (Phi) is 3.82. The normalized spacial score (nSPS) is 24.6. The van der Waals surface area contributed by atoms with Gasteiger partial charge in [0.1, 0.15) is 0 Å². The molecule has 0 spiro atoms. The molecule has 1 saturated carbocycles. The van der Waals surface area contributed by atoms with Gasteiger partial charge in [-0.25, -0.2) is 9.59 Å². The number of carbonyl (C=O) groups is 2. The summed E-state index contributed by atoms with van der Waals surface area (Å²) < 4.78 is 83.7. The van der Waals surface area contributed by atoms with Crippen LogP contribution in [0.15, 0.2) is 12.2 Å². The van der Waals surface area contributed by atoms with Crippen molar-refractivity contribution >= 4 is 11.9 Å². The Morgan fingerprint density at radius 3 is 1.71 bits per heavy atom. The second-order valence-electron chi connectivity index (χ2n) is 4.71. The number of hydrogen-bond donors (Lipinski definition) is 1. The molecule has 10 heteroatoms. The Hall–Kier alpha value is -1.74. The van der Waals surface area contributed by atoms with Gasteiger partial charge in [0.15, 0.2) is 0 Å². The average molecular weight is 320 g/mol. The second-order valence-corrected chi connectivity index (χ2v) is 4.71. The highest BCUT2D eigenvalue weighted by Crippen LogP contribution is 2.70. The first-order valence-corrected chi connectivity index (χ1v) is 5.53. The van der Waals surface area contributed by atoms with Crippen molar-refractivity contribution in [1.82, 2.24) is 0 Å². The average Bonchev–Trinajstić information content (AvgIpc) is 2.31. The maximum absolute atomic E-state index is 13.5. The molecule has 0 aliphatic heterocycles. The standard InChI is InChI=1S/C11H10F6O4/c1-5(2)8(21-7(20)4-3-6(18)19)9(12,13)11(16,17)10(8,14)15/h3-5H,1-2H3,(H,18,19)/b4-3-. The number of hydrogen-bond acceptors (Lipinski definition) is 3. The van der Waals surface area contributed by atoms with E-state index >= 15 is 0 Å². The summed E-state index contributed by atoms with van der Waals surface area (Å²) in [7, 11) is 0. The number of alkyl halides is 6. The molecule has 1 aliphatic carbocycles. The smallest absolute Gasteiger partial charge is 0.380 e. The van der Waals surface area contributed by atoms with Crippen molar-refractivity contribution in [2.75, 3.05) is 0 Å². The molecule has 0 atom stereocenters.